The molecule has 1 N–H and O–H groups in total. The summed E-state index contributed by atoms with van der Waals surface area (Å²) in [4.78, 5) is 38.8. The molecule has 1 fully saturated rings. The molecular weight excluding hydrogens is 454 g/mol. The van der Waals surface area contributed by atoms with Gasteiger partial charge >= 0.3 is 0 Å². The molecule has 5 rings (SSSR count). The largest absolute Gasteiger partial charge is 0.349 e. The Labute approximate surface area is 200 Å². The van der Waals surface area contributed by atoms with Crippen molar-refractivity contribution in [2.45, 2.75) is 39.7 Å². The fourth-order valence-electron chi connectivity index (χ4n) is 4.18. The number of hydrogen-bond acceptors (Lipinski definition) is 6. The van der Waals surface area contributed by atoms with E-state index in [1.54, 1.807) is 11.3 Å². The summed E-state index contributed by atoms with van der Waals surface area (Å²) in [5.41, 5.74) is 4.04. The quantitative estimate of drug-likeness (QED) is 0.446. The Hall–Kier alpha value is -3.04. The number of fused-ring (bicyclic) bond motifs is 1. The lowest BCUT2D eigenvalue weighted by Gasteiger charge is -2.40. The zero-order valence-electron chi connectivity index (χ0n) is 18.8. The van der Waals surface area contributed by atoms with Crippen molar-refractivity contribution in [3.05, 3.63) is 63.5 Å². The van der Waals surface area contributed by atoms with Gasteiger partial charge in [-0.15, -0.1) is 22.7 Å². The van der Waals surface area contributed by atoms with Crippen molar-refractivity contribution < 1.29 is 9.59 Å². The number of thiazole rings is 2. The van der Waals surface area contributed by atoms with Crippen molar-refractivity contribution >= 4 is 39.4 Å². The van der Waals surface area contributed by atoms with E-state index < -0.39 is 0 Å². The molecule has 7 nitrogen and oxygen atoms in total. The number of hydrogen-bond donors (Lipinski definition) is 1. The first kappa shape index (κ1) is 21.8. The minimum atomic E-state index is -0.168. The van der Waals surface area contributed by atoms with Gasteiger partial charge in [0.15, 0.2) is 4.96 Å². The number of benzene rings is 1. The number of carbonyl (C=O) groups is 2. The summed E-state index contributed by atoms with van der Waals surface area (Å²) in [6.45, 7) is 6.97. The summed E-state index contributed by atoms with van der Waals surface area (Å²) >= 11 is 3.04. The molecule has 0 unspecified atom stereocenters. The summed E-state index contributed by atoms with van der Waals surface area (Å²) in [5.74, 6) is -0.237. The zero-order valence-corrected chi connectivity index (χ0v) is 20.4. The highest BCUT2D eigenvalue weighted by atomic mass is 32.1. The van der Waals surface area contributed by atoms with Crippen molar-refractivity contribution in [1.82, 2.24) is 24.6 Å². The van der Waals surface area contributed by atoms with Crippen LogP contribution in [0, 0.1) is 13.8 Å². The molecule has 0 aliphatic carbocycles. The predicted molar refractivity (Wildman–Crippen MR) is 131 cm³/mol. The van der Waals surface area contributed by atoms with Crippen LogP contribution in [0.15, 0.2) is 35.8 Å². The van der Waals surface area contributed by atoms with E-state index in [2.05, 4.69) is 46.5 Å². The summed E-state index contributed by atoms with van der Waals surface area (Å²) in [6, 6.07) is 8.29. The SMILES string of the molecule is CCc1ccc(-c2sc(C)nc2C(=O)N2CC[C@H]2CNC(=O)c2c(C)nc3sccn23)cc1. The number of carbonyl (C=O) groups excluding carboxylic acids is 2. The van der Waals surface area contributed by atoms with Gasteiger partial charge in [-0.25, -0.2) is 9.97 Å². The van der Waals surface area contributed by atoms with E-state index in [1.165, 1.54) is 16.9 Å². The van der Waals surface area contributed by atoms with Crippen LogP contribution >= 0.6 is 22.7 Å². The number of imidazole rings is 1. The topological polar surface area (TPSA) is 79.6 Å². The van der Waals surface area contributed by atoms with E-state index in [9.17, 15) is 9.59 Å². The van der Waals surface area contributed by atoms with E-state index in [4.69, 9.17) is 0 Å². The maximum absolute atomic E-state index is 13.4. The number of aromatic nitrogens is 3. The molecule has 9 heteroatoms. The molecule has 0 spiro atoms. The van der Waals surface area contributed by atoms with E-state index in [1.807, 2.05) is 34.7 Å². The van der Waals surface area contributed by atoms with Gasteiger partial charge in [-0.1, -0.05) is 31.2 Å². The highest BCUT2D eigenvalue weighted by molar-refractivity contribution is 7.15. The molecular formula is C24H25N5O2S2. The van der Waals surface area contributed by atoms with Crippen LogP contribution in [0.25, 0.3) is 15.4 Å². The summed E-state index contributed by atoms with van der Waals surface area (Å²) in [6.07, 6.45) is 3.69. The van der Waals surface area contributed by atoms with Crippen molar-refractivity contribution in [3.63, 3.8) is 0 Å². The van der Waals surface area contributed by atoms with Crippen LogP contribution in [0.3, 0.4) is 0 Å². The second-order valence-corrected chi connectivity index (χ2v) is 10.3. The first-order chi connectivity index (χ1) is 16.0. The van der Waals surface area contributed by atoms with Gasteiger partial charge in [0, 0.05) is 24.7 Å². The minimum Gasteiger partial charge on any atom is -0.349 e. The maximum Gasteiger partial charge on any atom is 0.274 e. The molecule has 3 aromatic heterocycles. The average molecular weight is 480 g/mol. The standard InChI is InChI=1S/C24H25N5O2S2/c1-4-16-5-7-17(8-6-16)21-19(27-15(3)33-21)23(31)28-10-9-18(28)13-25-22(30)20-14(2)26-24-29(20)11-12-32-24/h5-8,11-12,18H,4,9-10,13H2,1-3H3,(H,25,30)/t18-/m0/s1. The lowest BCUT2D eigenvalue weighted by atomic mass is 10.0. The normalized spacial score (nSPS) is 15.6. The monoisotopic (exact) mass is 479 g/mol. The molecule has 1 aliphatic heterocycles. The first-order valence-electron chi connectivity index (χ1n) is 11.0. The number of aryl methyl sites for hydroxylation is 3. The highest BCUT2D eigenvalue weighted by Crippen LogP contribution is 2.33. The van der Waals surface area contributed by atoms with Gasteiger partial charge in [0.05, 0.1) is 21.6 Å². The fraction of sp³-hybridized carbons (Fsp3) is 0.333. The molecule has 0 saturated carbocycles. The smallest absolute Gasteiger partial charge is 0.274 e. The van der Waals surface area contributed by atoms with Crippen LogP contribution in [-0.2, 0) is 6.42 Å². The second-order valence-electron chi connectivity index (χ2n) is 8.21. The fourth-order valence-corrected chi connectivity index (χ4v) is 5.85. The van der Waals surface area contributed by atoms with Gasteiger partial charge in [-0.3, -0.25) is 14.0 Å². The Morgan fingerprint density at radius 1 is 1.18 bits per heavy atom. The Morgan fingerprint density at radius 2 is 1.97 bits per heavy atom. The molecule has 170 valence electrons. The van der Waals surface area contributed by atoms with Crippen molar-refractivity contribution in [2.24, 2.45) is 0 Å². The Balaban J connectivity index is 1.30. The van der Waals surface area contributed by atoms with Gasteiger partial charge in [-0.05, 0) is 37.8 Å². The summed E-state index contributed by atoms with van der Waals surface area (Å²) in [5, 5.41) is 5.78. The minimum absolute atomic E-state index is 0.0371. The van der Waals surface area contributed by atoms with Crippen LogP contribution in [0.5, 0.6) is 0 Å². The molecule has 4 aromatic rings. The summed E-state index contributed by atoms with van der Waals surface area (Å²) in [7, 11) is 0. The van der Waals surface area contributed by atoms with Gasteiger partial charge in [-0.2, -0.15) is 0 Å². The van der Waals surface area contributed by atoms with E-state index in [0.29, 0.717) is 30.2 Å². The van der Waals surface area contributed by atoms with Gasteiger partial charge < -0.3 is 10.2 Å². The van der Waals surface area contributed by atoms with E-state index >= 15 is 0 Å². The van der Waals surface area contributed by atoms with Crippen molar-refractivity contribution in [1.29, 1.82) is 0 Å². The molecule has 2 amide bonds. The Bertz CT molecular complexity index is 1330. The average Bonchev–Trinajstić information content (AvgIpc) is 3.47. The van der Waals surface area contributed by atoms with Gasteiger partial charge in [0.2, 0.25) is 0 Å². The molecule has 1 saturated heterocycles. The highest BCUT2D eigenvalue weighted by Gasteiger charge is 2.35. The molecule has 0 bridgehead atoms. The number of rotatable bonds is 6. The molecule has 1 aromatic carbocycles. The Morgan fingerprint density at radius 3 is 2.67 bits per heavy atom. The van der Waals surface area contributed by atoms with E-state index in [0.717, 1.165) is 33.3 Å². The predicted octanol–water partition coefficient (Wildman–Crippen LogP) is 4.34. The lowest BCUT2D eigenvalue weighted by Crippen LogP contribution is -2.56. The molecule has 0 radical (unpaired) electrons. The van der Waals surface area contributed by atoms with Crippen LogP contribution in [0.2, 0.25) is 0 Å². The third kappa shape index (κ3) is 3.95. The maximum atomic E-state index is 13.4. The molecule has 1 atom stereocenters. The number of likely N-dealkylation sites (tertiary alicyclic amines) is 1. The zero-order chi connectivity index (χ0) is 23.1. The van der Waals surface area contributed by atoms with Gasteiger partial charge in [0.1, 0.15) is 11.4 Å². The number of nitrogens with zero attached hydrogens (tertiary/aromatic N) is 4. The number of amides is 2. The van der Waals surface area contributed by atoms with E-state index in [-0.39, 0.29) is 17.9 Å². The second kappa shape index (κ2) is 8.72. The van der Waals surface area contributed by atoms with Crippen LogP contribution in [0.4, 0.5) is 0 Å². The summed E-state index contributed by atoms with van der Waals surface area (Å²) < 4.78 is 1.81. The molecule has 33 heavy (non-hydrogen) atoms. The molecule has 4 heterocycles. The molecule has 1 aliphatic rings. The Kier molecular flexibility index (Phi) is 5.76. The third-order valence-corrected chi connectivity index (χ3v) is 7.89. The number of nitrogens with one attached hydrogen (secondary N) is 1. The van der Waals surface area contributed by atoms with Crippen molar-refractivity contribution in [2.75, 3.05) is 13.1 Å². The van der Waals surface area contributed by atoms with Crippen molar-refractivity contribution in [3.8, 4) is 10.4 Å². The van der Waals surface area contributed by atoms with Crippen LogP contribution in [0.1, 0.15) is 50.6 Å². The first-order valence-corrected chi connectivity index (χ1v) is 12.7. The van der Waals surface area contributed by atoms with Crippen LogP contribution in [-0.4, -0.2) is 50.2 Å². The van der Waals surface area contributed by atoms with Gasteiger partial charge in [0.25, 0.3) is 11.8 Å². The third-order valence-electron chi connectivity index (χ3n) is 6.12. The lowest BCUT2D eigenvalue weighted by molar-refractivity contribution is 0.0451. The van der Waals surface area contributed by atoms with Crippen LogP contribution < -0.4 is 5.32 Å².